The van der Waals surface area contributed by atoms with Crippen molar-refractivity contribution in [1.82, 2.24) is 10.2 Å². The number of amides is 1. The first-order valence-electron chi connectivity index (χ1n) is 7.49. The topological polar surface area (TPSA) is 32.3 Å². The van der Waals surface area contributed by atoms with Gasteiger partial charge in [-0.2, -0.15) is 0 Å². The number of carbonyl (C=O) groups excluding carboxylic acids is 1. The largest absolute Gasteiger partial charge is 0.335 e. The van der Waals surface area contributed by atoms with Crippen LogP contribution in [0.5, 0.6) is 0 Å². The first-order valence-corrected chi connectivity index (χ1v) is 7.87. The third-order valence-electron chi connectivity index (χ3n) is 4.23. The molecule has 0 aromatic heterocycles. The van der Waals surface area contributed by atoms with Crippen molar-refractivity contribution in [3.05, 3.63) is 34.9 Å². The predicted molar refractivity (Wildman–Crippen MR) is 87.9 cm³/mol. The van der Waals surface area contributed by atoms with E-state index in [9.17, 15) is 4.79 Å². The summed E-state index contributed by atoms with van der Waals surface area (Å²) in [6.07, 6.45) is 4.26. The molecule has 1 saturated carbocycles. The highest BCUT2D eigenvalue weighted by molar-refractivity contribution is 6.30. The molecule has 0 radical (unpaired) electrons. The van der Waals surface area contributed by atoms with Gasteiger partial charge in [0.25, 0.3) is 0 Å². The molecule has 1 heterocycles. The van der Waals surface area contributed by atoms with Gasteiger partial charge in [-0.05, 0) is 56.5 Å². The molecule has 5 heteroatoms. The molecule has 3 rings (SSSR count). The number of hydrogen-bond acceptors (Lipinski definition) is 2. The highest BCUT2D eigenvalue weighted by Crippen LogP contribution is 2.31. The molecule has 0 spiro atoms. The third-order valence-corrected chi connectivity index (χ3v) is 4.48. The second-order valence-corrected chi connectivity index (χ2v) is 6.28. The van der Waals surface area contributed by atoms with E-state index in [4.69, 9.17) is 11.6 Å². The Bertz CT molecular complexity index is 468. The first-order chi connectivity index (χ1) is 9.74. The second-order valence-electron chi connectivity index (χ2n) is 5.85. The molecule has 3 nitrogen and oxygen atoms in total. The number of hydrogen-bond donors (Lipinski definition) is 1. The van der Waals surface area contributed by atoms with Crippen LogP contribution in [0.2, 0.25) is 5.02 Å². The van der Waals surface area contributed by atoms with Crippen molar-refractivity contribution in [1.29, 1.82) is 0 Å². The van der Waals surface area contributed by atoms with Gasteiger partial charge in [0.2, 0.25) is 5.91 Å². The van der Waals surface area contributed by atoms with E-state index in [0.717, 1.165) is 50.3 Å². The molecule has 1 N–H and O–H groups in total. The highest BCUT2D eigenvalue weighted by Gasteiger charge is 2.35. The minimum absolute atomic E-state index is 0. The van der Waals surface area contributed by atoms with Gasteiger partial charge < -0.3 is 10.2 Å². The summed E-state index contributed by atoms with van der Waals surface area (Å²) in [5.41, 5.74) is 1.17. The third kappa shape index (κ3) is 4.35. The van der Waals surface area contributed by atoms with E-state index < -0.39 is 0 Å². The van der Waals surface area contributed by atoms with Crippen LogP contribution in [0.25, 0.3) is 0 Å². The number of carbonyl (C=O) groups is 1. The summed E-state index contributed by atoms with van der Waals surface area (Å²) in [5, 5.41) is 4.07. The Hall–Kier alpha value is -0.770. The molecule has 2 fully saturated rings. The summed E-state index contributed by atoms with van der Waals surface area (Å²) in [5.74, 6) is 0.563. The van der Waals surface area contributed by atoms with E-state index in [1.165, 1.54) is 5.56 Å². The van der Waals surface area contributed by atoms with Crippen LogP contribution in [-0.4, -0.2) is 29.9 Å². The molecule has 116 valence electrons. The smallest absolute Gasteiger partial charge is 0.226 e. The number of benzene rings is 1. The van der Waals surface area contributed by atoms with Crippen LogP contribution >= 0.6 is 24.0 Å². The van der Waals surface area contributed by atoms with Crippen molar-refractivity contribution >= 4 is 29.9 Å². The van der Waals surface area contributed by atoms with Crippen LogP contribution in [0.15, 0.2) is 24.3 Å². The van der Waals surface area contributed by atoms with Gasteiger partial charge in [-0.3, -0.25) is 4.79 Å². The van der Waals surface area contributed by atoms with Gasteiger partial charge in [0, 0.05) is 23.5 Å². The molecule has 0 unspecified atom stereocenters. The lowest BCUT2D eigenvalue weighted by Crippen LogP contribution is -2.41. The van der Waals surface area contributed by atoms with Crippen molar-refractivity contribution in [2.45, 2.75) is 38.3 Å². The molecular formula is C16H22Cl2N2O. The molecule has 21 heavy (non-hydrogen) atoms. The van der Waals surface area contributed by atoms with E-state index in [1.807, 2.05) is 24.3 Å². The van der Waals surface area contributed by atoms with Gasteiger partial charge in [-0.1, -0.05) is 23.7 Å². The van der Waals surface area contributed by atoms with E-state index in [1.54, 1.807) is 0 Å². The molecule has 1 aromatic rings. The molecule has 0 bridgehead atoms. The standard InChI is InChI=1S/C16H21ClN2O.ClH/c17-14-3-1-12(2-4-14)11-19(15-5-6-15)16(20)13-7-9-18-10-8-13;/h1-4,13,15,18H,5-11H2;1H. The lowest BCUT2D eigenvalue weighted by atomic mass is 9.96. The Balaban J connectivity index is 0.00000161. The van der Waals surface area contributed by atoms with Crippen LogP contribution in [0, 0.1) is 5.92 Å². The number of nitrogens with zero attached hydrogens (tertiary/aromatic N) is 1. The fraction of sp³-hybridized carbons (Fsp3) is 0.562. The number of halogens is 2. The summed E-state index contributed by atoms with van der Waals surface area (Å²) in [6, 6.07) is 8.31. The Kier molecular flexibility index (Phi) is 5.91. The molecule has 1 saturated heterocycles. The van der Waals surface area contributed by atoms with Gasteiger partial charge in [-0.15, -0.1) is 12.4 Å². The fourth-order valence-electron chi connectivity index (χ4n) is 2.86. The normalized spacial score (nSPS) is 18.9. The van der Waals surface area contributed by atoms with E-state index in [-0.39, 0.29) is 18.3 Å². The van der Waals surface area contributed by atoms with Crippen molar-refractivity contribution in [2.24, 2.45) is 5.92 Å². The molecule has 1 amide bonds. The van der Waals surface area contributed by atoms with Crippen LogP contribution in [-0.2, 0) is 11.3 Å². The van der Waals surface area contributed by atoms with E-state index >= 15 is 0 Å². The van der Waals surface area contributed by atoms with Crippen LogP contribution in [0.1, 0.15) is 31.2 Å². The molecule has 1 aromatic carbocycles. The Morgan fingerprint density at radius 2 is 1.76 bits per heavy atom. The lowest BCUT2D eigenvalue weighted by Gasteiger charge is -2.30. The summed E-state index contributed by atoms with van der Waals surface area (Å²) in [6.45, 7) is 2.66. The molecule has 2 aliphatic rings. The highest BCUT2D eigenvalue weighted by atomic mass is 35.5. The zero-order valence-corrected chi connectivity index (χ0v) is 13.6. The van der Waals surface area contributed by atoms with Crippen LogP contribution < -0.4 is 5.32 Å². The van der Waals surface area contributed by atoms with Crippen molar-refractivity contribution < 1.29 is 4.79 Å². The lowest BCUT2D eigenvalue weighted by molar-refractivity contribution is -0.137. The number of nitrogens with one attached hydrogen (secondary N) is 1. The van der Waals surface area contributed by atoms with Gasteiger partial charge in [0.05, 0.1) is 0 Å². The summed E-state index contributed by atoms with van der Waals surface area (Å²) in [4.78, 5) is 14.8. The zero-order chi connectivity index (χ0) is 13.9. The Morgan fingerprint density at radius 1 is 1.14 bits per heavy atom. The Morgan fingerprint density at radius 3 is 2.33 bits per heavy atom. The predicted octanol–water partition coefficient (Wildman–Crippen LogP) is 3.25. The number of piperidine rings is 1. The SMILES string of the molecule is Cl.O=C(C1CCNCC1)N(Cc1ccc(Cl)cc1)C1CC1. The maximum absolute atomic E-state index is 12.7. The van der Waals surface area contributed by atoms with E-state index in [2.05, 4.69) is 10.2 Å². The summed E-state index contributed by atoms with van der Waals surface area (Å²) < 4.78 is 0. The molecule has 1 aliphatic heterocycles. The van der Waals surface area contributed by atoms with Gasteiger partial charge in [-0.25, -0.2) is 0 Å². The minimum Gasteiger partial charge on any atom is -0.335 e. The van der Waals surface area contributed by atoms with E-state index in [0.29, 0.717) is 11.9 Å². The monoisotopic (exact) mass is 328 g/mol. The minimum atomic E-state index is 0. The van der Waals surface area contributed by atoms with Crippen molar-refractivity contribution in [3.8, 4) is 0 Å². The molecular weight excluding hydrogens is 307 g/mol. The Labute approximate surface area is 137 Å². The van der Waals surface area contributed by atoms with Gasteiger partial charge in [0.1, 0.15) is 0 Å². The zero-order valence-electron chi connectivity index (χ0n) is 12.1. The van der Waals surface area contributed by atoms with Crippen LogP contribution in [0.4, 0.5) is 0 Å². The maximum atomic E-state index is 12.7. The van der Waals surface area contributed by atoms with Crippen molar-refractivity contribution in [2.75, 3.05) is 13.1 Å². The fourth-order valence-corrected chi connectivity index (χ4v) is 2.99. The first kappa shape index (κ1) is 16.6. The average Bonchev–Trinajstić information content (AvgIpc) is 3.31. The second kappa shape index (κ2) is 7.48. The van der Waals surface area contributed by atoms with Crippen LogP contribution in [0.3, 0.4) is 0 Å². The molecule has 1 aliphatic carbocycles. The molecule has 0 atom stereocenters. The van der Waals surface area contributed by atoms with Gasteiger partial charge in [0.15, 0.2) is 0 Å². The quantitative estimate of drug-likeness (QED) is 0.920. The summed E-state index contributed by atoms with van der Waals surface area (Å²) in [7, 11) is 0. The average molecular weight is 329 g/mol. The maximum Gasteiger partial charge on any atom is 0.226 e. The van der Waals surface area contributed by atoms with Crippen molar-refractivity contribution in [3.63, 3.8) is 0 Å². The summed E-state index contributed by atoms with van der Waals surface area (Å²) >= 11 is 5.92. The van der Waals surface area contributed by atoms with Gasteiger partial charge >= 0.3 is 0 Å². The number of rotatable bonds is 4.